The van der Waals surface area contributed by atoms with Crippen molar-refractivity contribution in [1.29, 1.82) is 0 Å². The highest BCUT2D eigenvalue weighted by Crippen LogP contribution is 2.32. The van der Waals surface area contributed by atoms with Crippen molar-refractivity contribution in [2.24, 2.45) is 0 Å². The van der Waals surface area contributed by atoms with Crippen LogP contribution in [0.3, 0.4) is 0 Å². The summed E-state index contributed by atoms with van der Waals surface area (Å²) < 4.78 is 29.6. The maximum atomic E-state index is 13.3. The first-order valence-corrected chi connectivity index (χ1v) is 26.8. The zero-order chi connectivity index (χ0) is 59.3. The third-order valence-corrected chi connectivity index (χ3v) is 13.2. The van der Waals surface area contributed by atoms with E-state index in [-0.39, 0.29) is 94.3 Å². The van der Waals surface area contributed by atoms with Crippen LogP contribution in [0.25, 0.3) is 0 Å². The fourth-order valence-corrected chi connectivity index (χ4v) is 8.79. The molecule has 0 radical (unpaired) electrons. The maximum Gasteiger partial charge on any atom is 0.408 e. The van der Waals surface area contributed by atoms with Gasteiger partial charge < -0.3 is 55.0 Å². The Hall–Kier alpha value is -8.45. The molecule has 8 amide bonds. The number of fused-ring (bicyclic) bond motifs is 1. The van der Waals surface area contributed by atoms with E-state index in [0.29, 0.717) is 30.8 Å². The molecule has 1 saturated heterocycles. The van der Waals surface area contributed by atoms with Crippen LogP contribution in [0, 0.1) is 0 Å². The standard InChI is InChI=1S/C55H73N7O19/c1-76-47(68)31-35(19-24-42(63)57-30-13-8-6-5-7-12-29-56-38-18-14-17-37-49(38)52(72)62(51(37)71)40-22-26-45(66)61-50(40)70)58-44(65)27-23-41(54(74)79-4)81-46(67)28-20-36(32-48(69)77-2)59-43(64)25-21-39(53(73)78-3)60-55(75)80-33-34-15-10-9-11-16-34/h9-11,14-18,35-36,39-41,56H,5-8,12-13,19-33H2,1-4H3,(H,57,63)(H,58,65)(H,59,64)(H,60,75)(H,61,66,70)/t35-,36-,39-,40?,41-/m0/s1. The number of hydrogen-bond donors (Lipinski definition) is 6. The molecule has 2 aliphatic rings. The second-order valence-electron chi connectivity index (χ2n) is 19.1. The number of piperidine rings is 1. The molecule has 0 bridgehead atoms. The Morgan fingerprint density at radius 3 is 1.81 bits per heavy atom. The van der Waals surface area contributed by atoms with Crippen LogP contribution in [0.1, 0.15) is 142 Å². The van der Waals surface area contributed by atoms with Gasteiger partial charge in [0, 0.05) is 69.4 Å². The number of imide groups is 2. The summed E-state index contributed by atoms with van der Waals surface area (Å²) in [5.74, 6) is -7.98. The van der Waals surface area contributed by atoms with Gasteiger partial charge in [0.25, 0.3) is 11.8 Å². The molecule has 1 unspecified atom stereocenters. The number of ether oxygens (including phenoxy) is 6. The molecule has 0 saturated carbocycles. The van der Waals surface area contributed by atoms with E-state index in [1.807, 2.05) is 0 Å². The van der Waals surface area contributed by atoms with E-state index in [0.717, 1.165) is 58.3 Å². The van der Waals surface area contributed by atoms with Gasteiger partial charge in [-0.25, -0.2) is 14.4 Å². The van der Waals surface area contributed by atoms with Gasteiger partial charge >= 0.3 is 35.9 Å². The maximum absolute atomic E-state index is 13.3. The fourth-order valence-electron chi connectivity index (χ4n) is 8.79. The van der Waals surface area contributed by atoms with Crippen LogP contribution in [0.2, 0.25) is 0 Å². The number of amides is 8. The quantitative estimate of drug-likeness (QED) is 0.0250. The zero-order valence-corrected chi connectivity index (χ0v) is 46.1. The number of benzene rings is 2. The van der Waals surface area contributed by atoms with E-state index in [9.17, 15) is 62.3 Å². The van der Waals surface area contributed by atoms with Crippen molar-refractivity contribution >= 4 is 83.0 Å². The molecule has 2 aliphatic heterocycles. The van der Waals surface area contributed by atoms with Gasteiger partial charge in [0.05, 0.1) is 52.4 Å². The molecule has 1 fully saturated rings. The van der Waals surface area contributed by atoms with Crippen molar-refractivity contribution in [3.05, 3.63) is 65.2 Å². The van der Waals surface area contributed by atoms with Crippen molar-refractivity contribution < 1.29 is 90.8 Å². The summed E-state index contributed by atoms with van der Waals surface area (Å²) in [7, 11) is 4.46. The van der Waals surface area contributed by atoms with Crippen LogP contribution in [0.4, 0.5) is 10.5 Å². The fraction of sp³-hybridized carbons (Fsp3) is 0.545. The van der Waals surface area contributed by atoms with Crippen molar-refractivity contribution in [3.8, 4) is 0 Å². The van der Waals surface area contributed by atoms with Crippen molar-refractivity contribution in [2.45, 2.75) is 152 Å². The number of unbranched alkanes of at least 4 members (excludes halogenated alkanes) is 5. The van der Waals surface area contributed by atoms with Crippen molar-refractivity contribution in [2.75, 3.05) is 46.8 Å². The first-order valence-electron chi connectivity index (χ1n) is 26.8. The van der Waals surface area contributed by atoms with E-state index in [1.165, 1.54) is 13.2 Å². The second kappa shape index (κ2) is 34.5. The molecule has 442 valence electrons. The number of alkyl carbamates (subject to hydrolysis) is 1. The lowest BCUT2D eigenvalue weighted by Crippen LogP contribution is -2.54. The lowest BCUT2D eigenvalue weighted by atomic mass is 10.0. The van der Waals surface area contributed by atoms with Crippen molar-refractivity contribution in [1.82, 2.24) is 31.5 Å². The molecule has 2 aromatic rings. The van der Waals surface area contributed by atoms with Crippen LogP contribution < -0.4 is 31.9 Å². The van der Waals surface area contributed by atoms with Gasteiger partial charge in [0.1, 0.15) is 18.7 Å². The summed E-state index contributed by atoms with van der Waals surface area (Å²) in [5.41, 5.74) is 1.60. The van der Waals surface area contributed by atoms with Crippen LogP contribution in [0.15, 0.2) is 48.5 Å². The minimum atomic E-state index is -1.54. The third-order valence-electron chi connectivity index (χ3n) is 13.2. The Morgan fingerprint density at radius 2 is 1.20 bits per heavy atom. The molecule has 2 heterocycles. The first-order chi connectivity index (χ1) is 38.9. The zero-order valence-electron chi connectivity index (χ0n) is 46.1. The monoisotopic (exact) mass is 1140 g/mol. The number of methoxy groups -OCH3 is 4. The molecule has 0 aliphatic carbocycles. The van der Waals surface area contributed by atoms with E-state index in [1.54, 1.807) is 42.5 Å². The third kappa shape index (κ3) is 22.3. The SMILES string of the molecule is COC(=O)C[C@H](CCC(=O)NCCCCCCCCNc1cccc2c1C(=O)N(C1CCC(=O)NC1=O)C2=O)NC(=O)CC[C@H](OC(=O)CC[C@@H](CC(=O)OC)NC(=O)CC[C@H](NC(=O)OCc1ccccc1)C(=O)OC)C(=O)OC. The van der Waals surface area contributed by atoms with Gasteiger partial charge in [0.15, 0.2) is 6.10 Å². The molecule has 0 spiro atoms. The Kier molecular flexibility index (Phi) is 27.7. The normalized spacial score (nSPS) is 15.1. The highest BCUT2D eigenvalue weighted by atomic mass is 16.6. The summed E-state index contributed by atoms with van der Waals surface area (Å²) in [6.07, 6.45) is 0.178. The molecule has 26 heteroatoms. The molecule has 6 N–H and O–H groups in total. The number of anilines is 1. The highest BCUT2D eigenvalue weighted by molar-refractivity contribution is 6.25. The molecular formula is C55H73N7O19. The van der Waals surface area contributed by atoms with E-state index < -0.39 is 108 Å². The molecule has 2 aromatic carbocycles. The van der Waals surface area contributed by atoms with Gasteiger partial charge in [-0.2, -0.15) is 0 Å². The van der Waals surface area contributed by atoms with Crippen LogP contribution >= 0.6 is 0 Å². The summed E-state index contributed by atoms with van der Waals surface area (Å²) >= 11 is 0. The molecular weight excluding hydrogens is 1060 g/mol. The van der Waals surface area contributed by atoms with E-state index in [2.05, 4.69) is 31.9 Å². The number of carbonyl (C=O) groups excluding carboxylic acids is 13. The number of nitrogens with one attached hydrogen (secondary N) is 6. The Morgan fingerprint density at radius 1 is 0.605 bits per heavy atom. The van der Waals surface area contributed by atoms with Crippen LogP contribution in [-0.4, -0.2) is 154 Å². The van der Waals surface area contributed by atoms with Gasteiger partial charge in [-0.3, -0.25) is 58.2 Å². The molecule has 0 aromatic heterocycles. The number of carbonyl (C=O) groups is 13. The predicted molar refractivity (Wildman–Crippen MR) is 284 cm³/mol. The summed E-state index contributed by atoms with van der Waals surface area (Å²) in [5, 5.41) is 15.9. The van der Waals surface area contributed by atoms with Crippen molar-refractivity contribution in [3.63, 3.8) is 0 Å². The van der Waals surface area contributed by atoms with Crippen LogP contribution in [-0.2, 0) is 83.0 Å². The summed E-state index contributed by atoms with van der Waals surface area (Å²) in [6.45, 7) is 0.857. The molecule has 81 heavy (non-hydrogen) atoms. The van der Waals surface area contributed by atoms with Gasteiger partial charge in [-0.05, 0) is 56.2 Å². The lowest BCUT2D eigenvalue weighted by molar-refractivity contribution is -0.167. The average Bonchev–Trinajstić information content (AvgIpc) is 4.01. The molecule has 26 nitrogen and oxygen atoms in total. The first kappa shape index (κ1) is 65.1. The predicted octanol–water partition coefficient (Wildman–Crippen LogP) is 2.73. The Bertz CT molecular complexity index is 2560. The summed E-state index contributed by atoms with van der Waals surface area (Å²) in [6, 6.07) is 9.56. The number of esters is 5. The van der Waals surface area contributed by atoms with E-state index >= 15 is 0 Å². The highest BCUT2D eigenvalue weighted by Gasteiger charge is 2.45. The Labute approximate surface area is 468 Å². The van der Waals surface area contributed by atoms with E-state index in [4.69, 9.17) is 28.4 Å². The number of nitrogens with zero attached hydrogens (tertiary/aromatic N) is 1. The average molecular weight is 1140 g/mol. The largest absolute Gasteiger partial charge is 0.469 e. The smallest absolute Gasteiger partial charge is 0.408 e. The van der Waals surface area contributed by atoms with Gasteiger partial charge in [0.2, 0.25) is 29.5 Å². The number of hydrogen-bond acceptors (Lipinski definition) is 20. The van der Waals surface area contributed by atoms with Gasteiger partial charge in [-0.15, -0.1) is 0 Å². The van der Waals surface area contributed by atoms with Gasteiger partial charge in [-0.1, -0.05) is 62.1 Å². The van der Waals surface area contributed by atoms with Crippen LogP contribution in [0.5, 0.6) is 0 Å². The Balaban J connectivity index is 1.14. The number of rotatable bonds is 35. The molecule has 5 atom stereocenters. The summed E-state index contributed by atoms with van der Waals surface area (Å²) in [4.78, 5) is 165. The lowest BCUT2D eigenvalue weighted by Gasteiger charge is -2.27. The minimum absolute atomic E-state index is 0.0299. The second-order valence-corrected chi connectivity index (χ2v) is 19.1. The topological polar surface area (TPSA) is 353 Å². The molecule has 4 rings (SSSR count). The minimum Gasteiger partial charge on any atom is -0.469 e.